The third-order valence-corrected chi connectivity index (χ3v) is 5.53. The predicted molar refractivity (Wildman–Crippen MR) is 118 cm³/mol. The molecule has 6 nitrogen and oxygen atoms in total. The summed E-state index contributed by atoms with van der Waals surface area (Å²) in [5.41, 5.74) is 2.63. The summed E-state index contributed by atoms with van der Waals surface area (Å²) in [6.07, 6.45) is 3.36. The maximum Gasteiger partial charge on any atom is 0.209 e. The van der Waals surface area contributed by atoms with E-state index in [0.717, 1.165) is 28.4 Å². The van der Waals surface area contributed by atoms with E-state index in [1.165, 1.54) is 12.1 Å². The monoisotopic (exact) mass is 439 g/mol. The fourth-order valence-electron chi connectivity index (χ4n) is 3.42. The quantitative estimate of drug-likeness (QED) is 0.454. The van der Waals surface area contributed by atoms with Crippen LogP contribution in [0.5, 0.6) is 5.75 Å². The first-order valence-corrected chi connectivity index (χ1v) is 11.6. The maximum atomic E-state index is 13.2. The minimum Gasteiger partial charge on any atom is -0.492 e. The van der Waals surface area contributed by atoms with Gasteiger partial charge in [-0.25, -0.2) is 22.2 Å². The van der Waals surface area contributed by atoms with Crippen molar-refractivity contribution in [2.24, 2.45) is 0 Å². The highest BCUT2D eigenvalue weighted by Gasteiger charge is 2.16. The molecule has 0 radical (unpaired) electrons. The molecule has 1 aromatic heterocycles. The van der Waals surface area contributed by atoms with E-state index in [4.69, 9.17) is 4.74 Å². The largest absolute Gasteiger partial charge is 0.492 e. The average Bonchev–Trinajstić information content (AvgIpc) is 3.15. The lowest BCUT2D eigenvalue weighted by Gasteiger charge is -2.18. The van der Waals surface area contributed by atoms with E-state index in [2.05, 4.69) is 9.82 Å². The van der Waals surface area contributed by atoms with Crippen molar-refractivity contribution in [3.05, 3.63) is 90.4 Å². The molecule has 0 aliphatic heterocycles. The van der Waals surface area contributed by atoms with Crippen LogP contribution >= 0.6 is 0 Å². The Balaban J connectivity index is 1.50. The Bertz CT molecular complexity index is 1270. The number of aromatic nitrogens is 2. The summed E-state index contributed by atoms with van der Waals surface area (Å²) < 4.78 is 47.0. The van der Waals surface area contributed by atoms with Crippen LogP contribution in [0.3, 0.4) is 0 Å². The average molecular weight is 440 g/mol. The summed E-state index contributed by atoms with van der Waals surface area (Å²) in [7, 11) is -3.38. The molecule has 4 aromatic rings. The number of halogens is 1. The zero-order valence-electron chi connectivity index (χ0n) is 16.9. The highest BCUT2D eigenvalue weighted by molar-refractivity contribution is 7.88. The van der Waals surface area contributed by atoms with Crippen LogP contribution in [0.2, 0.25) is 0 Å². The Morgan fingerprint density at radius 3 is 2.52 bits per heavy atom. The van der Waals surface area contributed by atoms with Crippen LogP contribution in [-0.2, 0) is 16.4 Å². The second-order valence-corrected chi connectivity index (χ2v) is 9.12. The summed E-state index contributed by atoms with van der Waals surface area (Å²) in [5, 5.41) is 5.24. The number of nitrogens with one attached hydrogen (secondary N) is 1. The van der Waals surface area contributed by atoms with E-state index in [9.17, 15) is 12.8 Å². The first-order chi connectivity index (χ1) is 14.9. The zero-order valence-corrected chi connectivity index (χ0v) is 17.7. The van der Waals surface area contributed by atoms with Crippen LogP contribution in [0, 0.1) is 5.82 Å². The molecule has 1 N–H and O–H groups in total. The van der Waals surface area contributed by atoms with Crippen molar-refractivity contribution in [3.8, 4) is 11.4 Å². The van der Waals surface area contributed by atoms with Gasteiger partial charge in [0.05, 0.1) is 29.7 Å². The van der Waals surface area contributed by atoms with Crippen LogP contribution in [0.4, 0.5) is 4.39 Å². The molecule has 3 aromatic carbocycles. The smallest absolute Gasteiger partial charge is 0.209 e. The van der Waals surface area contributed by atoms with Crippen molar-refractivity contribution in [1.82, 2.24) is 14.5 Å². The van der Waals surface area contributed by atoms with Gasteiger partial charge in [-0.1, -0.05) is 30.3 Å². The Kier molecular flexibility index (Phi) is 6.01. The fraction of sp³-hybridized carbons (Fsp3) is 0.174. The molecule has 1 heterocycles. The van der Waals surface area contributed by atoms with Gasteiger partial charge in [0.25, 0.3) is 0 Å². The van der Waals surface area contributed by atoms with Crippen LogP contribution in [0.1, 0.15) is 5.56 Å². The number of hydrogen-bond acceptors (Lipinski definition) is 4. The van der Waals surface area contributed by atoms with E-state index in [1.807, 2.05) is 48.5 Å². The van der Waals surface area contributed by atoms with Crippen LogP contribution < -0.4 is 9.46 Å². The number of ether oxygens (including phenoxy) is 1. The number of hydrogen-bond donors (Lipinski definition) is 1. The van der Waals surface area contributed by atoms with Crippen molar-refractivity contribution < 1.29 is 17.5 Å². The van der Waals surface area contributed by atoms with Gasteiger partial charge in [0, 0.05) is 5.39 Å². The molecular weight excluding hydrogens is 417 g/mol. The zero-order chi connectivity index (χ0) is 21.8. The van der Waals surface area contributed by atoms with Crippen molar-refractivity contribution in [3.63, 3.8) is 0 Å². The summed E-state index contributed by atoms with van der Waals surface area (Å²) in [5.74, 6) is 0.308. The van der Waals surface area contributed by atoms with E-state index in [-0.39, 0.29) is 12.4 Å². The van der Waals surface area contributed by atoms with Crippen molar-refractivity contribution in [1.29, 1.82) is 0 Å². The van der Waals surface area contributed by atoms with Gasteiger partial charge in [-0.05, 0) is 54.4 Å². The Morgan fingerprint density at radius 2 is 1.81 bits per heavy atom. The molecule has 0 saturated carbocycles. The molecule has 0 fully saturated rings. The maximum absolute atomic E-state index is 13.2. The molecule has 0 aliphatic rings. The van der Waals surface area contributed by atoms with Gasteiger partial charge in [0.2, 0.25) is 10.0 Å². The highest BCUT2D eigenvalue weighted by atomic mass is 32.2. The minimum absolute atomic E-state index is 0.180. The second kappa shape index (κ2) is 8.87. The molecule has 31 heavy (non-hydrogen) atoms. The van der Waals surface area contributed by atoms with Gasteiger partial charge in [0.1, 0.15) is 18.2 Å². The number of benzene rings is 3. The number of sulfonamides is 1. The summed E-state index contributed by atoms with van der Waals surface area (Å²) >= 11 is 0. The summed E-state index contributed by atoms with van der Waals surface area (Å²) in [6.45, 7) is 0.180. The van der Waals surface area contributed by atoms with Gasteiger partial charge >= 0.3 is 0 Å². The fourth-order valence-corrected chi connectivity index (χ4v) is 4.18. The number of rotatable bonds is 8. The van der Waals surface area contributed by atoms with Gasteiger partial charge in [-0.3, -0.25) is 0 Å². The van der Waals surface area contributed by atoms with Gasteiger partial charge < -0.3 is 4.74 Å². The van der Waals surface area contributed by atoms with E-state index >= 15 is 0 Å². The summed E-state index contributed by atoms with van der Waals surface area (Å²) in [4.78, 5) is 0. The molecule has 0 saturated heterocycles. The molecule has 8 heteroatoms. The summed E-state index contributed by atoms with van der Waals surface area (Å²) in [6, 6.07) is 20.9. The van der Waals surface area contributed by atoms with Crippen molar-refractivity contribution >= 4 is 20.9 Å². The normalized spacial score (nSPS) is 12.7. The lowest BCUT2D eigenvalue weighted by atomic mass is 10.1. The first kappa shape index (κ1) is 21.0. The SMILES string of the molecule is CS(=O)(=O)NC(COc1ccc2c(cnn2-c2ccc(F)cc2)c1)Cc1ccccc1. The van der Waals surface area contributed by atoms with Crippen molar-refractivity contribution in [2.75, 3.05) is 12.9 Å². The van der Waals surface area contributed by atoms with Crippen molar-refractivity contribution in [2.45, 2.75) is 12.5 Å². The van der Waals surface area contributed by atoms with E-state index < -0.39 is 16.1 Å². The predicted octanol–water partition coefficient (Wildman–Crippen LogP) is 3.70. The molecular formula is C23H22FN3O3S. The van der Waals surface area contributed by atoms with Gasteiger partial charge in [-0.15, -0.1) is 0 Å². The number of nitrogens with zero attached hydrogens (tertiary/aromatic N) is 2. The topological polar surface area (TPSA) is 73.2 Å². The lowest BCUT2D eigenvalue weighted by molar-refractivity contribution is 0.278. The van der Waals surface area contributed by atoms with Crippen LogP contribution in [-0.4, -0.2) is 37.1 Å². The van der Waals surface area contributed by atoms with Gasteiger partial charge in [0.15, 0.2) is 0 Å². The van der Waals surface area contributed by atoms with Crippen LogP contribution in [0.25, 0.3) is 16.6 Å². The third kappa shape index (κ3) is 5.48. The molecule has 160 valence electrons. The van der Waals surface area contributed by atoms with E-state index in [0.29, 0.717) is 12.2 Å². The number of fused-ring (bicyclic) bond motifs is 1. The second-order valence-electron chi connectivity index (χ2n) is 7.34. The lowest BCUT2D eigenvalue weighted by Crippen LogP contribution is -2.40. The van der Waals surface area contributed by atoms with E-state index in [1.54, 1.807) is 23.0 Å². The molecule has 0 bridgehead atoms. The minimum atomic E-state index is -3.38. The molecule has 1 unspecified atom stereocenters. The Hall–Kier alpha value is -3.23. The highest BCUT2D eigenvalue weighted by Crippen LogP contribution is 2.23. The standard InChI is InChI=1S/C23H22FN3O3S/c1-31(28,29)26-20(13-17-5-3-2-4-6-17)16-30-22-11-12-23-18(14-22)15-25-27(23)21-9-7-19(24)8-10-21/h2-12,14-15,20,26H,13,16H2,1H3. The van der Waals surface area contributed by atoms with Crippen LogP contribution in [0.15, 0.2) is 79.0 Å². The molecule has 0 amide bonds. The Morgan fingerprint density at radius 1 is 1.06 bits per heavy atom. The Labute approximate surface area is 180 Å². The molecule has 0 aliphatic carbocycles. The molecule has 4 rings (SSSR count). The third-order valence-electron chi connectivity index (χ3n) is 4.77. The van der Waals surface area contributed by atoms with Gasteiger partial charge in [-0.2, -0.15) is 5.10 Å². The molecule has 0 spiro atoms. The molecule has 1 atom stereocenters. The first-order valence-electron chi connectivity index (χ1n) is 9.75.